The fraction of sp³-hybridized carbons (Fsp3) is 0.611. The normalized spacial score (nSPS) is 24.9. The van der Waals surface area contributed by atoms with Crippen LogP contribution in [0, 0.1) is 23.7 Å². The maximum atomic E-state index is 14.8. The lowest BCUT2D eigenvalue weighted by molar-refractivity contribution is -0.174. The van der Waals surface area contributed by atoms with Crippen molar-refractivity contribution in [1.82, 2.24) is 19.6 Å². The van der Waals surface area contributed by atoms with Crippen molar-refractivity contribution in [3.63, 3.8) is 0 Å². The lowest BCUT2D eigenvalue weighted by atomic mass is 10.00. The number of carbonyl (C=O) groups excluding carboxylic acids is 8. The molecule has 1 heterocycles. The van der Waals surface area contributed by atoms with E-state index in [1.54, 1.807) is 60.7 Å². The van der Waals surface area contributed by atoms with E-state index in [4.69, 9.17) is 23.8 Å². The van der Waals surface area contributed by atoms with E-state index in [1.807, 2.05) is 55.4 Å². The molecule has 0 spiro atoms. The molecule has 0 radical (unpaired) electrons. The number of esters is 4. The lowest BCUT2D eigenvalue weighted by Crippen LogP contribution is -2.55. The Morgan fingerprint density at radius 1 is 0.486 bits per heavy atom. The summed E-state index contributed by atoms with van der Waals surface area (Å²) in [6.07, 6.45) is -5.54. The fourth-order valence-electron chi connectivity index (χ4n) is 8.40. The zero-order chi connectivity index (χ0) is 54.1. The topological polar surface area (TPSA) is 208 Å². The highest BCUT2D eigenvalue weighted by Gasteiger charge is 2.43. The highest BCUT2D eigenvalue weighted by molar-refractivity contribution is 5.95. The number of hydrogen-bond acceptors (Lipinski definition) is 14. The SMILES string of the molecule is CC(=O)O/N=C1\[C@@H](C)OC(=O)[C@H](CC(C)C)N(C)C(=O)[C@@H](Cc2ccccc2)OC(=O)[C@H](CC(C)C)N(C)C(=O)[C@@H](C)OC(=O)C(CC(C)C)N(C)C(=O)[C@@H](Cc2ccccc2)OC(=O)[C@H](CC(C)C)N1C. The Morgan fingerprint density at radius 3 is 1.12 bits per heavy atom. The summed E-state index contributed by atoms with van der Waals surface area (Å²) < 4.78 is 24.2. The van der Waals surface area contributed by atoms with E-state index < -0.39 is 96.2 Å². The number of cyclic esters (lactones) is 4. The molecule has 3 rings (SSSR count). The van der Waals surface area contributed by atoms with Gasteiger partial charge in [0, 0.05) is 48.0 Å². The van der Waals surface area contributed by atoms with Crippen LogP contribution < -0.4 is 0 Å². The minimum Gasteiger partial charge on any atom is -0.453 e. The molecule has 3 amide bonds. The number of hydrogen-bond donors (Lipinski definition) is 0. The minimum atomic E-state index is -1.49. The van der Waals surface area contributed by atoms with Crippen molar-refractivity contribution >= 4 is 53.4 Å². The second-order valence-electron chi connectivity index (χ2n) is 20.5. The molecule has 0 saturated carbocycles. The molecule has 0 N–H and O–H groups in total. The van der Waals surface area contributed by atoms with Gasteiger partial charge in [-0.25, -0.2) is 24.0 Å². The quantitative estimate of drug-likeness (QED) is 0.0975. The maximum absolute atomic E-state index is 14.8. The predicted octanol–water partition coefficient (Wildman–Crippen LogP) is 6.01. The Balaban J connectivity index is 2.34. The van der Waals surface area contributed by atoms with Crippen LogP contribution in [0.25, 0.3) is 0 Å². The molecule has 2 aromatic carbocycles. The molecule has 398 valence electrons. The van der Waals surface area contributed by atoms with Crippen LogP contribution in [0.2, 0.25) is 0 Å². The smallest absolute Gasteiger partial charge is 0.332 e. The molecule has 18 nitrogen and oxygen atoms in total. The highest BCUT2D eigenvalue weighted by Crippen LogP contribution is 2.24. The first-order valence-corrected chi connectivity index (χ1v) is 24.9. The molecule has 1 aliphatic heterocycles. The number of benzene rings is 2. The van der Waals surface area contributed by atoms with Crippen LogP contribution in [0.1, 0.15) is 113 Å². The van der Waals surface area contributed by atoms with Gasteiger partial charge in [0.05, 0.1) is 0 Å². The van der Waals surface area contributed by atoms with Crippen molar-refractivity contribution in [3.8, 4) is 0 Å². The molecule has 72 heavy (non-hydrogen) atoms. The maximum Gasteiger partial charge on any atom is 0.332 e. The first-order valence-electron chi connectivity index (χ1n) is 24.9. The summed E-state index contributed by atoms with van der Waals surface area (Å²) in [4.78, 5) is 124. The van der Waals surface area contributed by atoms with E-state index in [0.29, 0.717) is 11.1 Å². The van der Waals surface area contributed by atoms with Gasteiger partial charge in [0.2, 0.25) is 0 Å². The van der Waals surface area contributed by atoms with Crippen LogP contribution in [0.3, 0.4) is 0 Å². The standard InChI is InChI=1S/C54H79N5O13/c1-32(2)26-41-53(66)70-45(30-39-22-18-16-19-23-39)49(62)59(15)43(28-34(5)6)52(65)69-37(10)48(61)57(13)44(29-35(7)8)54(67)71-46(31-40-24-20-17-21-25-40)50(63)58(14)42(27-33(3)4)51(64)68-36(9)47(56(41)12)55-72-38(11)60/h16-25,32-37,41-46H,26-31H2,1-15H3/b55-47+/t36-,37-,41+,42+,43?,44+,45-,46-/m1/s1. The number of nitrogens with zero attached hydrogens (tertiary/aromatic N) is 5. The fourth-order valence-corrected chi connectivity index (χ4v) is 8.40. The summed E-state index contributed by atoms with van der Waals surface area (Å²) in [6.45, 7) is 18.8. The second-order valence-corrected chi connectivity index (χ2v) is 20.5. The summed E-state index contributed by atoms with van der Waals surface area (Å²) in [6, 6.07) is 12.7. The van der Waals surface area contributed by atoms with Crippen molar-refractivity contribution in [2.24, 2.45) is 28.8 Å². The van der Waals surface area contributed by atoms with Gasteiger partial charge >= 0.3 is 29.8 Å². The van der Waals surface area contributed by atoms with Gasteiger partial charge in [0.1, 0.15) is 24.2 Å². The largest absolute Gasteiger partial charge is 0.453 e. The average molecular weight is 1010 g/mol. The summed E-state index contributed by atoms with van der Waals surface area (Å²) in [5, 5.41) is 4.07. The third kappa shape index (κ3) is 17.8. The summed E-state index contributed by atoms with van der Waals surface area (Å²) >= 11 is 0. The van der Waals surface area contributed by atoms with Gasteiger partial charge in [-0.05, 0) is 74.3 Å². The molecule has 0 bridgehead atoms. The molecular weight excluding hydrogens is 927 g/mol. The summed E-state index contributed by atoms with van der Waals surface area (Å²) in [5.41, 5.74) is 1.28. The Hall–Kier alpha value is -6.33. The molecule has 0 aliphatic carbocycles. The van der Waals surface area contributed by atoms with Crippen molar-refractivity contribution in [2.45, 2.75) is 163 Å². The third-order valence-electron chi connectivity index (χ3n) is 12.3. The molecule has 8 atom stereocenters. The van der Waals surface area contributed by atoms with Gasteiger partial charge in [-0.1, -0.05) is 121 Å². The third-order valence-corrected chi connectivity index (χ3v) is 12.3. The van der Waals surface area contributed by atoms with Crippen LogP contribution in [0.15, 0.2) is 65.8 Å². The van der Waals surface area contributed by atoms with Gasteiger partial charge in [-0.15, -0.1) is 0 Å². The van der Waals surface area contributed by atoms with Crippen LogP contribution in [-0.2, 0) is 75.0 Å². The summed E-state index contributed by atoms with van der Waals surface area (Å²) in [7, 11) is 5.67. The molecule has 18 heteroatoms. The average Bonchev–Trinajstić information content (AvgIpc) is 3.31. The van der Waals surface area contributed by atoms with E-state index in [-0.39, 0.29) is 68.0 Å². The number of likely N-dealkylation sites (N-methyl/N-ethyl adjacent to an activating group) is 4. The van der Waals surface area contributed by atoms with E-state index >= 15 is 0 Å². The van der Waals surface area contributed by atoms with Gasteiger partial charge in [-0.2, -0.15) is 0 Å². The monoisotopic (exact) mass is 1010 g/mol. The zero-order valence-corrected chi connectivity index (χ0v) is 45.0. The molecule has 1 aliphatic rings. The molecule has 0 aromatic heterocycles. The zero-order valence-electron chi connectivity index (χ0n) is 45.0. The Labute approximate surface area is 426 Å². The van der Waals surface area contributed by atoms with Crippen molar-refractivity contribution < 1.29 is 62.1 Å². The van der Waals surface area contributed by atoms with Gasteiger partial charge < -0.3 is 43.4 Å². The number of oxime groups is 1. The number of rotatable bonds is 13. The van der Waals surface area contributed by atoms with Gasteiger partial charge in [0.25, 0.3) is 17.7 Å². The number of carbonyl (C=O) groups is 8. The summed E-state index contributed by atoms with van der Waals surface area (Å²) in [5.74, 6) is -7.43. The highest BCUT2D eigenvalue weighted by atomic mass is 16.7. The first kappa shape index (κ1) is 60.0. The van der Waals surface area contributed by atoms with Crippen LogP contribution in [-0.4, -0.2) is 150 Å². The van der Waals surface area contributed by atoms with E-state index in [1.165, 1.54) is 51.8 Å². The van der Waals surface area contributed by atoms with Crippen molar-refractivity contribution in [3.05, 3.63) is 71.8 Å². The minimum absolute atomic E-state index is 0.0946. The number of amides is 3. The molecule has 1 fully saturated rings. The Bertz CT molecular complexity index is 2180. The number of amidine groups is 1. The van der Waals surface area contributed by atoms with Crippen LogP contribution >= 0.6 is 0 Å². The van der Waals surface area contributed by atoms with Crippen LogP contribution in [0.4, 0.5) is 0 Å². The van der Waals surface area contributed by atoms with E-state index in [2.05, 4.69) is 5.16 Å². The molecule has 1 unspecified atom stereocenters. The second kappa shape index (κ2) is 28.1. The number of ether oxygens (including phenoxy) is 4. The van der Waals surface area contributed by atoms with Crippen molar-refractivity contribution in [2.75, 3.05) is 28.2 Å². The van der Waals surface area contributed by atoms with E-state index in [0.717, 1.165) is 16.7 Å². The Morgan fingerprint density at radius 2 is 0.792 bits per heavy atom. The molecule has 2 aromatic rings. The van der Waals surface area contributed by atoms with Crippen molar-refractivity contribution in [1.29, 1.82) is 0 Å². The lowest BCUT2D eigenvalue weighted by Gasteiger charge is -2.36. The van der Waals surface area contributed by atoms with Gasteiger partial charge in [-0.3, -0.25) is 14.4 Å². The van der Waals surface area contributed by atoms with Gasteiger partial charge in [0.15, 0.2) is 30.3 Å². The molecule has 1 saturated heterocycles. The predicted molar refractivity (Wildman–Crippen MR) is 269 cm³/mol. The molecular formula is C54H79N5O13. The Kier molecular flexibility index (Phi) is 23.4. The van der Waals surface area contributed by atoms with E-state index in [9.17, 15) is 38.4 Å². The first-order chi connectivity index (χ1) is 33.7. The van der Waals surface area contributed by atoms with Crippen LogP contribution in [0.5, 0.6) is 0 Å².